The molecule has 0 aliphatic carbocycles. The van der Waals surface area contributed by atoms with Crippen molar-refractivity contribution in [2.45, 2.75) is 38.5 Å². The number of piperazine rings is 1. The summed E-state index contributed by atoms with van der Waals surface area (Å²) in [7, 11) is 2.06. The van der Waals surface area contributed by atoms with Gasteiger partial charge >= 0.3 is 0 Å². The highest BCUT2D eigenvalue weighted by Crippen LogP contribution is 2.38. The molecule has 6 rings (SSSR count). The summed E-state index contributed by atoms with van der Waals surface area (Å²) in [6.45, 7) is 7.30. The van der Waals surface area contributed by atoms with E-state index >= 15 is 4.39 Å². The number of pyridine rings is 1. The van der Waals surface area contributed by atoms with Gasteiger partial charge in [0.2, 0.25) is 0 Å². The highest BCUT2D eigenvalue weighted by atomic mass is 19.1. The fourth-order valence-corrected chi connectivity index (χ4v) is 5.67. The molecule has 1 fully saturated rings. The third-order valence-corrected chi connectivity index (χ3v) is 7.79. The first-order valence-corrected chi connectivity index (χ1v) is 13.4. The molecule has 39 heavy (non-hydrogen) atoms. The molecule has 0 amide bonds. The number of H-pyrrole nitrogens is 1. The van der Waals surface area contributed by atoms with E-state index in [1.54, 1.807) is 12.3 Å². The number of benzene rings is 2. The number of halogens is 1. The molecular formula is C30H34FN5O3. The molecule has 2 aliphatic rings. The number of nitrogens with one attached hydrogen (secondary N) is 1. The second-order valence-corrected chi connectivity index (χ2v) is 11.0. The molecule has 2 aromatic carbocycles. The Labute approximate surface area is 227 Å². The zero-order valence-corrected chi connectivity index (χ0v) is 22.6. The topological polar surface area (TPSA) is 86.7 Å². The van der Waals surface area contributed by atoms with E-state index in [1.165, 1.54) is 6.07 Å². The SMILES string of the molecule is CN1CCN(c2ccc3cc2OCCCOCc2cccc(F)c2-c2cc4c-3n[nH]c4cn2)CC1C(C)(C)O. The summed E-state index contributed by atoms with van der Waals surface area (Å²) in [5, 5.41) is 19.3. The third kappa shape index (κ3) is 4.97. The number of hydrogen-bond donors (Lipinski definition) is 2. The van der Waals surface area contributed by atoms with E-state index in [0.717, 1.165) is 52.3 Å². The van der Waals surface area contributed by atoms with E-state index in [4.69, 9.17) is 9.47 Å². The lowest BCUT2D eigenvalue weighted by molar-refractivity contribution is -0.0141. The Morgan fingerprint density at radius 1 is 1.13 bits per heavy atom. The highest BCUT2D eigenvalue weighted by molar-refractivity contribution is 5.95. The second kappa shape index (κ2) is 10.2. The molecule has 0 spiro atoms. The van der Waals surface area contributed by atoms with Gasteiger partial charge in [-0.15, -0.1) is 0 Å². The minimum Gasteiger partial charge on any atom is -0.491 e. The normalized spacial score (nSPS) is 18.9. The van der Waals surface area contributed by atoms with E-state index in [1.807, 2.05) is 38.1 Å². The standard InChI is InChI=1S/C30H34FN5O3/c1-30(2,37)27-17-36(11-10-35(27)3)25-9-8-19-14-26(25)39-13-5-12-38-18-20-6-4-7-22(31)28(20)23-15-21-24(16-32-23)33-34-29(19)21/h4,6-9,14-16,27,37H,5,10-13,17-18H2,1-3H3,(H,33,34). The van der Waals surface area contributed by atoms with Crippen molar-refractivity contribution in [1.29, 1.82) is 0 Å². The second-order valence-electron chi connectivity index (χ2n) is 11.0. The van der Waals surface area contributed by atoms with E-state index in [-0.39, 0.29) is 18.5 Å². The fourth-order valence-electron chi connectivity index (χ4n) is 5.67. The van der Waals surface area contributed by atoms with Crippen LogP contribution in [0.4, 0.5) is 10.1 Å². The van der Waals surface area contributed by atoms with Gasteiger partial charge in [0.25, 0.3) is 0 Å². The number of aromatic nitrogens is 3. The molecular weight excluding hydrogens is 497 g/mol. The van der Waals surface area contributed by atoms with E-state index in [2.05, 4.69) is 38.1 Å². The molecule has 204 valence electrons. The molecule has 0 saturated carbocycles. The number of ether oxygens (including phenoxy) is 2. The number of hydrogen-bond acceptors (Lipinski definition) is 7. The lowest BCUT2D eigenvalue weighted by Crippen LogP contribution is -2.59. The predicted molar refractivity (Wildman–Crippen MR) is 149 cm³/mol. The van der Waals surface area contributed by atoms with Gasteiger partial charge in [-0.25, -0.2) is 4.39 Å². The van der Waals surface area contributed by atoms with E-state index in [9.17, 15) is 5.11 Å². The minimum atomic E-state index is -0.839. The lowest BCUT2D eigenvalue weighted by Gasteiger charge is -2.45. The van der Waals surface area contributed by atoms with Crippen LogP contribution in [0.2, 0.25) is 0 Å². The van der Waals surface area contributed by atoms with Gasteiger partial charge in [-0.2, -0.15) is 5.10 Å². The monoisotopic (exact) mass is 531 g/mol. The molecule has 1 atom stereocenters. The first-order valence-electron chi connectivity index (χ1n) is 13.4. The van der Waals surface area contributed by atoms with Crippen LogP contribution in [-0.4, -0.2) is 76.7 Å². The first kappa shape index (κ1) is 25.7. The molecule has 0 radical (unpaired) electrons. The molecule has 1 unspecified atom stereocenters. The van der Waals surface area contributed by atoms with Gasteiger partial charge in [0, 0.05) is 42.6 Å². The number of aliphatic hydroxyl groups is 1. The van der Waals surface area contributed by atoms with Crippen molar-refractivity contribution in [3.63, 3.8) is 0 Å². The Balaban J connectivity index is 1.44. The van der Waals surface area contributed by atoms with Crippen molar-refractivity contribution in [3.8, 4) is 28.3 Å². The van der Waals surface area contributed by atoms with E-state index < -0.39 is 5.60 Å². The Bertz CT molecular complexity index is 1500. The zero-order chi connectivity index (χ0) is 27.1. The van der Waals surface area contributed by atoms with Gasteiger partial charge in [-0.1, -0.05) is 18.2 Å². The average molecular weight is 532 g/mol. The van der Waals surface area contributed by atoms with Crippen LogP contribution in [0, 0.1) is 5.82 Å². The molecule has 4 heterocycles. The van der Waals surface area contributed by atoms with Gasteiger partial charge in [-0.3, -0.25) is 15.0 Å². The summed E-state index contributed by atoms with van der Waals surface area (Å²) in [4.78, 5) is 9.05. The summed E-state index contributed by atoms with van der Waals surface area (Å²) in [5.41, 5.74) is 4.31. The smallest absolute Gasteiger partial charge is 0.143 e. The van der Waals surface area contributed by atoms with Crippen molar-refractivity contribution in [2.24, 2.45) is 0 Å². The van der Waals surface area contributed by atoms with Crippen LogP contribution in [0.1, 0.15) is 25.8 Å². The molecule has 9 heteroatoms. The van der Waals surface area contributed by atoms with E-state index in [0.29, 0.717) is 37.4 Å². The highest BCUT2D eigenvalue weighted by Gasteiger charge is 2.36. The molecule has 2 aliphatic heterocycles. The maximum atomic E-state index is 15.1. The van der Waals surface area contributed by atoms with Gasteiger partial charge in [-0.05, 0) is 50.7 Å². The summed E-state index contributed by atoms with van der Waals surface area (Å²) < 4.78 is 27.3. The number of anilines is 1. The summed E-state index contributed by atoms with van der Waals surface area (Å²) in [6.07, 6.45) is 2.38. The Morgan fingerprint density at radius 2 is 2.00 bits per heavy atom. The average Bonchev–Trinajstić information content (AvgIpc) is 3.33. The quantitative estimate of drug-likeness (QED) is 0.390. The molecule has 4 aromatic rings. The summed E-state index contributed by atoms with van der Waals surface area (Å²) in [5.74, 6) is 0.435. The Hall–Kier alpha value is -3.53. The molecule has 4 bridgehead atoms. The van der Waals surface area contributed by atoms with Crippen LogP contribution in [0.5, 0.6) is 5.75 Å². The van der Waals surface area contributed by atoms with Crippen LogP contribution in [0.25, 0.3) is 33.4 Å². The fraction of sp³-hybridized carbons (Fsp3) is 0.400. The number of aromatic amines is 1. The van der Waals surface area contributed by atoms with Gasteiger partial charge in [0.15, 0.2) is 0 Å². The Morgan fingerprint density at radius 3 is 2.85 bits per heavy atom. The lowest BCUT2D eigenvalue weighted by atomic mass is 9.95. The minimum absolute atomic E-state index is 0.0167. The molecule has 1 saturated heterocycles. The largest absolute Gasteiger partial charge is 0.491 e. The third-order valence-electron chi connectivity index (χ3n) is 7.79. The number of likely N-dealkylation sites (N-methyl/N-ethyl adjacent to an activating group) is 1. The maximum absolute atomic E-state index is 15.1. The van der Waals surface area contributed by atoms with Gasteiger partial charge < -0.3 is 19.5 Å². The number of fused-ring (bicyclic) bond motifs is 6. The first-order chi connectivity index (χ1) is 18.8. The maximum Gasteiger partial charge on any atom is 0.143 e. The van der Waals surface area contributed by atoms with Gasteiger partial charge in [0.05, 0.1) is 54.6 Å². The van der Waals surface area contributed by atoms with Gasteiger partial charge in [0.1, 0.15) is 17.3 Å². The summed E-state index contributed by atoms with van der Waals surface area (Å²) >= 11 is 0. The van der Waals surface area contributed by atoms with Crippen molar-refractivity contribution in [2.75, 3.05) is 44.8 Å². The summed E-state index contributed by atoms with van der Waals surface area (Å²) in [6, 6.07) is 13.0. The van der Waals surface area contributed by atoms with Crippen molar-refractivity contribution >= 4 is 16.6 Å². The van der Waals surface area contributed by atoms with Crippen LogP contribution < -0.4 is 9.64 Å². The van der Waals surface area contributed by atoms with Crippen molar-refractivity contribution in [3.05, 3.63) is 60.0 Å². The van der Waals surface area contributed by atoms with Crippen LogP contribution in [0.15, 0.2) is 48.7 Å². The van der Waals surface area contributed by atoms with Crippen LogP contribution >= 0.6 is 0 Å². The number of nitrogens with zero attached hydrogens (tertiary/aromatic N) is 4. The van der Waals surface area contributed by atoms with Crippen molar-refractivity contribution in [1.82, 2.24) is 20.1 Å². The van der Waals surface area contributed by atoms with Crippen LogP contribution in [-0.2, 0) is 11.3 Å². The van der Waals surface area contributed by atoms with Crippen molar-refractivity contribution < 1.29 is 19.0 Å². The Kier molecular flexibility index (Phi) is 6.74. The zero-order valence-electron chi connectivity index (χ0n) is 22.6. The molecule has 2 aromatic heterocycles. The van der Waals surface area contributed by atoms with Crippen LogP contribution in [0.3, 0.4) is 0 Å². The number of rotatable bonds is 2. The molecule has 8 nitrogen and oxygen atoms in total. The predicted octanol–water partition coefficient (Wildman–Crippen LogP) is 4.62. The molecule has 2 N–H and O–H groups in total.